The van der Waals surface area contributed by atoms with Gasteiger partial charge in [0.2, 0.25) is 5.91 Å². The van der Waals surface area contributed by atoms with Crippen molar-refractivity contribution in [1.82, 2.24) is 19.7 Å². The molecule has 8 heteroatoms. The number of carbonyl (C=O) groups is 1. The Hall–Kier alpha value is -3.68. The van der Waals surface area contributed by atoms with Crippen molar-refractivity contribution in [3.8, 4) is 11.3 Å². The summed E-state index contributed by atoms with van der Waals surface area (Å²) in [5.41, 5.74) is 4.33. The number of carbonyl (C=O) groups excluding carboxylic acids is 1. The molecule has 0 unspecified atom stereocenters. The Morgan fingerprint density at radius 1 is 1.31 bits per heavy atom. The minimum atomic E-state index is -0.182. The third-order valence-electron chi connectivity index (χ3n) is 5.02. The fourth-order valence-electron chi connectivity index (χ4n) is 3.63. The lowest BCUT2D eigenvalue weighted by Gasteiger charge is -2.09. The Labute approximate surface area is 166 Å². The second-order valence-corrected chi connectivity index (χ2v) is 6.98. The van der Waals surface area contributed by atoms with E-state index in [0.29, 0.717) is 29.1 Å². The van der Waals surface area contributed by atoms with Gasteiger partial charge in [-0.2, -0.15) is 5.10 Å². The first-order valence-electron chi connectivity index (χ1n) is 9.28. The van der Waals surface area contributed by atoms with E-state index in [4.69, 9.17) is 4.42 Å². The summed E-state index contributed by atoms with van der Waals surface area (Å²) in [7, 11) is 1.80. The van der Waals surface area contributed by atoms with Gasteiger partial charge in [-0.1, -0.05) is 12.1 Å². The smallest absolute Gasteiger partial charge is 0.253 e. The average molecular weight is 391 g/mol. The maximum absolute atomic E-state index is 12.5. The molecule has 1 aromatic carbocycles. The van der Waals surface area contributed by atoms with Gasteiger partial charge in [-0.3, -0.25) is 14.3 Å². The molecule has 1 amide bonds. The van der Waals surface area contributed by atoms with Crippen LogP contribution in [0.2, 0.25) is 0 Å². The number of rotatable bonds is 5. The second kappa shape index (κ2) is 7.38. The van der Waals surface area contributed by atoms with Crippen molar-refractivity contribution < 1.29 is 9.21 Å². The number of benzene rings is 1. The van der Waals surface area contributed by atoms with Crippen LogP contribution in [-0.4, -0.2) is 25.7 Å². The van der Waals surface area contributed by atoms with Gasteiger partial charge in [-0.05, 0) is 38.0 Å². The highest BCUT2D eigenvalue weighted by atomic mass is 16.3. The number of anilines is 1. The molecule has 0 atom stereocenters. The molecule has 2 N–H and O–H groups in total. The van der Waals surface area contributed by atoms with Crippen LogP contribution >= 0.6 is 0 Å². The molecule has 0 saturated heterocycles. The predicted molar refractivity (Wildman–Crippen MR) is 110 cm³/mol. The monoisotopic (exact) mass is 391 g/mol. The molecular formula is C21H21N5O3. The second-order valence-electron chi connectivity index (χ2n) is 6.98. The van der Waals surface area contributed by atoms with Crippen LogP contribution in [0, 0.1) is 13.8 Å². The van der Waals surface area contributed by atoms with E-state index in [2.05, 4.69) is 20.4 Å². The molecule has 0 saturated carbocycles. The van der Waals surface area contributed by atoms with E-state index < -0.39 is 0 Å². The summed E-state index contributed by atoms with van der Waals surface area (Å²) in [5, 5.41) is 8.18. The quantitative estimate of drug-likeness (QED) is 0.544. The van der Waals surface area contributed by atoms with E-state index in [1.807, 2.05) is 32.0 Å². The molecule has 0 radical (unpaired) electrons. The zero-order valence-corrected chi connectivity index (χ0v) is 16.4. The van der Waals surface area contributed by atoms with Crippen LogP contribution in [0.5, 0.6) is 0 Å². The summed E-state index contributed by atoms with van der Waals surface area (Å²) >= 11 is 0. The van der Waals surface area contributed by atoms with E-state index in [0.717, 1.165) is 22.2 Å². The van der Waals surface area contributed by atoms with Gasteiger partial charge in [-0.15, -0.1) is 0 Å². The standard InChI is InChI=1S/C21H21N5O3/c1-12-16(21(28)24-20-19(12)13(2)25-26(20)3)7-8-18(27)23-15-6-4-5-14(9-15)17-10-22-11-29-17/h4-6,9-11H,7-8H2,1-3H3,(H,23,27)(H,24,28). The average Bonchev–Trinajstić information content (AvgIpc) is 3.30. The number of aromatic nitrogens is 4. The van der Waals surface area contributed by atoms with Crippen molar-refractivity contribution in [2.45, 2.75) is 26.7 Å². The van der Waals surface area contributed by atoms with Crippen LogP contribution in [0.1, 0.15) is 23.2 Å². The zero-order valence-electron chi connectivity index (χ0n) is 16.4. The van der Waals surface area contributed by atoms with E-state index >= 15 is 0 Å². The number of aromatic amines is 1. The fourth-order valence-corrected chi connectivity index (χ4v) is 3.63. The molecule has 0 fully saturated rings. The molecule has 0 aliphatic heterocycles. The first-order valence-corrected chi connectivity index (χ1v) is 9.28. The lowest BCUT2D eigenvalue weighted by Crippen LogP contribution is -2.19. The lowest BCUT2D eigenvalue weighted by atomic mass is 10.0. The summed E-state index contributed by atoms with van der Waals surface area (Å²) in [6.45, 7) is 3.81. The van der Waals surface area contributed by atoms with Crippen molar-refractivity contribution in [3.63, 3.8) is 0 Å². The zero-order chi connectivity index (χ0) is 20.5. The van der Waals surface area contributed by atoms with Gasteiger partial charge in [0.15, 0.2) is 12.2 Å². The number of oxazole rings is 1. The molecule has 3 heterocycles. The molecule has 0 aliphatic rings. The molecule has 0 aliphatic carbocycles. The fraction of sp³-hybridized carbons (Fsp3) is 0.238. The Balaban J connectivity index is 1.50. The van der Waals surface area contributed by atoms with Gasteiger partial charge in [0.05, 0.1) is 11.9 Å². The van der Waals surface area contributed by atoms with Gasteiger partial charge in [-0.25, -0.2) is 4.98 Å². The van der Waals surface area contributed by atoms with Gasteiger partial charge in [0.1, 0.15) is 5.65 Å². The third-order valence-corrected chi connectivity index (χ3v) is 5.02. The van der Waals surface area contributed by atoms with E-state index in [-0.39, 0.29) is 17.9 Å². The predicted octanol–water partition coefficient (Wildman–Crippen LogP) is 3.10. The molecule has 3 aromatic heterocycles. The topological polar surface area (TPSA) is 106 Å². The van der Waals surface area contributed by atoms with E-state index in [1.54, 1.807) is 24.0 Å². The summed E-state index contributed by atoms with van der Waals surface area (Å²) in [6, 6.07) is 7.34. The molecule has 8 nitrogen and oxygen atoms in total. The minimum absolute atomic E-state index is 0.165. The van der Waals surface area contributed by atoms with Crippen molar-refractivity contribution in [1.29, 1.82) is 0 Å². The highest BCUT2D eigenvalue weighted by molar-refractivity contribution is 5.91. The number of hydrogen-bond donors (Lipinski definition) is 2. The highest BCUT2D eigenvalue weighted by Gasteiger charge is 2.16. The summed E-state index contributed by atoms with van der Waals surface area (Å²) in [5.74, 6) is 0.463. The van der Waals surface area contributed by atoms with E-state index in [1.165, 1.54) is 6.39 Å². The number of amides is 1. The molecule has 0 bridgehead atoms. The first kappa shape index (κ1) is 18.7. The lowest BCUT2D eigenvalue weighted by molar-refractivity contribution is -0.116. The SMILES string of the molecule is Cc1nn(C)c2[nH]c(=O)c(CCC(=O)Nc3cccc(-c4cnco4)c3)c(C)c12. The first-order chi connectivity index (χ1) is 13.9. The highest BCUT2D eigenvalue weighted by Crippen LogP contribution is 2.23. The van der Waals surface area contributed by atoms with Crippen molar-refractivity contribution in [2.75, 3.05) is 5.32 Å². The van der Waals surface area contributed by atoms with Gasteiger partial charge in [0.25, 0.3) is 5.56 Å². The van der Waals surface area contributed by atoms with E-state index in [9.17, 15) is 9.59 Å². The summed E-state index contributed by atoms with van der Waals surface area (Å²) in [6.07, 6.45) is 3.52. The van der Waals surface area contributed by atoms with Crippen LogP contribution in [0.25, 0.3) is 22.4 Å². The van der Waals surface area contributed by atoms with Crippen LogP contribution in [0.15, 0.2) is 46.1 Å². The molecule has 29 heavy (non-hydrogen) atoms. The van der Waals surface area contributed by atoms with Crippen molar-refractivity contribution in [3.05, 3.63) is 64.0 Å². The normalized spacial score (nSPS) is 11.1. The number of aryl methyl sites for hydroxylation is 3. The molecule has 4 aromatic rings. The van der Waals surface area contributed by atoms with Crippen LogP contribution < -0.4 is 10.9 Å². The molecule has 4 rings (SSSR count). The maximum Gasteiger partial charge on any atom is 0.253 e. The van der Waals surface area contributed by atoms with Gasteiger partial charge >= 0.3 is 0 Å². The van der Waals surface area contributed by atoms with Gasteiger partial charge in [0, 0.05) is 35.7 Å². The Morgan fingerprint density at radius 3 is 2.90 bits per heavy atom. The largest absolute Gasteiger partial charge is 0.444 e. The molecule has 0 spiro atoms. The summed E-state index contributed by atoms with van der Waals surface area (Å²) in [4.78, 5) is 31.8. The third kappa shape index (κ3) is 3.56. The maximum atomic E-state index is 12.5. The minimum Gasteiger partial charge on any atom is -0.444 e. The molecular weight excluding hydrogens is 370 g/mol. The summed E-state index contributed by atoms with van der Waals surface area (Å²) < 4.78 is 6.95. The Morgan fingerprint density at radius 2 is 2.14 bits per heavy atom. The van der Waals surface area contributed by atoms with Crippen molar-refractivity contribution in [2.24, 2.45) is 7.05 Å². The number of fused-ring (bicyclic) bond motifs is 1. The van der Waals surface area contributed by atoms with Crippen LogP contribution in [0.4, 0.5) is 5.69 Å². The number of nitrogens with one attached hydrogen (secondary N) is 2. The number of hydrogen-bond acceptors (Lipinski definition) is 5. The number of H-pyrrole nitrogens is 1. The van der Waals surface area contributed by atoms with Crippen LogP contribution in [-0.2, 0) is 18.3 Å². The Bertz CT molecular complexity index is 1250. The van der Waals surface area contributed by atoms with Gasteiger partial charge < -0.3 is 14.7 Å². The number of nitrogens with zero attached hydrogens (tertiary/aromatic N) is 3. The molecule has 148 valence electrons. The Kier molecular flexibility index (Phi) is 4.75. The van der Waals surface area contributed by atoms with Crippen LogP contribution in [0.3, 0.4) is 0 Å². The number of pyridine rings is 1. The van der Waals surface area contributed by atoms with Crippen molar-refractivity contribution >= 4 is 22.6 Å².